The van der Waals surface area contributed by atoms with Crippen LogP contribution in [0.3, 0.4) is 0 Å². The molecule has 0 spiro atoms. The number of nitrogens with zero attached hydrogens (tertiary/aromatic N) is 2. The van der Waals surface area contributed by atoms with Gasteiger partial charge in [-0.2, -0.15) is 0 Å². The molecule has 1 rings (SSSR count). The van der Waals surface area contributed by atoms with Crippen LogP contribution in [-0.2, 0) is 9.53 Å². The molecule has 0 aromatic rings. The Kier molecular flexibility index (Phi) is 2.52. The lowest BCUT2D eigenvalue weighted by Crippen LogP contribution is -2.26. The van der Waals surface area contributed by atoms with Gasteiger partial charge in [0.1, 0.15) is 0 Å². The summed E-state index contributed by atoms with van der Waals surface area (Å²) >= 11 is 0. The second-order valence-corrected chi connectivity index (χ2v) is 2.65. The minimum absolute atomic E-state index is 0.00403. The number of hydrogen-bond donors (Lipinski definition) is 1. The van der Waals surface area contributed by atoms with E-state index in [0.29, 0.717) is 6.61 Å². The van der Waals surface area contributed by atoms with Crippen molar-refractivity contribution >= 4 is 11.8 Å². The van der Waals surface area contributed by atoms with Gasteiger partial charge in [-0.05, 0) is 13.8 Å². The molecule has 1 heterocycles. The lowest BCUT2D eigenvalue weighted by atomic mass is 10.5. The molecule has 1 fully saturated rings. The summed E-state index contributed by atoms with van der Waals surface area (Å²) in [6.07, 6.45) is 0. The molecule has 0 amide bonds. The van der Waals surface area contributed by atoms with Crippen LogP contribution in [0.1, 0.15) is 13.8 Å². The number of amidine groups is 1. The standard InChI is InChI=1S/C7H12N2O3/c1-3-12-7(10)6(8-11)9-4-5(9)2/h5,11H,3-4H2,1-2H3/b8-6+. The Morgan fingerprint density at radius 1 is 1.83 bits per heavy atom. The molecule has 12 heavy (non-hydrogen) atoms. The molecule has 0 radical (unpaired) electrons. The maximum absolute atomic E-state index is 11.0. The highest BCUT2D eigenvalue weighted by atomic mass is 16.5. The van der Waals surface area contributed by atoms with Crippen molar-refractivity contribution in [3.8, 4) is 0 Å². The zero-order valence-corrected chi connectivity index (χ0v) is 7.15. The molecule has 0 saturated carbocycles. The van der Waals surface area contributed by atoms with E-state index >= 15 is 0 Å². The zero-order chi connectivity index (χ0) is 9.14. The normalized spacial score (nSPS) is 22.3. The van der Waals surface area contributed by atoms with Crippen LogP contribution in [0.15, 0.2) is 5.16 Å². The highest BCUT2D eigenvalue weighted by molar-refractivity contribution is 6.35. The summed E-state index contributed by atoms with van der Waals surface area (Å²) in [7, 11) is 0. The van der Waals surface area contributed by atoms with Gasteiger partial charge in [0.25, 0.3) is 5.84 Å². The van der Waals surface area contributed by atoms with E-state index in [0.717, 1.165) is 6.54 Å². The van der Waals surface area contributed by atoms with Gasteiger partial charge < -0.3 is 14.8 Å². The van der Waals surface area contributed by atoms with Crippen LogP contribution in [0.4, 0.5) is 0 Å². The minimum atomic E-state index is -0.565. The van der Waals surface area contributed by atoms with Crippen LogP contribution in [0.5, 0.6) is 0 Å². The van der Waals surface area contributed by atoms with Crippen molar-refractivity contribution in [1.82, 2.24) is 4.90 Å². The maximum Gasteiger partial charge on any atom is 0.377 e. The molecule has 5 heteroatoms. The predicted molar refractivity (Wildman–Crippen MR) is 42.0 cm³/mol. The topological polar surface area (TPSA) is 61.9 Å². The number of esters is 1. The number of hydrogen-bond acceptors (Lipinski definition) is 4. The first-order chi connectivity index (χ1) is 5.70. The Hall–Kier alpha value is -1.26. The molecule has 0 aromatic heterocycles. The Morgan fingerprint density at radius 2 is 2.42 bits per heavy atom. The first-order valence-electron chi connectivity index (χ1n) is 3.86. The number of rotatable bonds is 1. The molecule has 68 valence electrons. The Bertz CT molecular complexity index is 215. The Balaban J connectivity index is 2.52. The maximum atomic E-state index is 11.0. The van der Waals surface area contributed by atoms with E-state index in [4.69, 9.17) is 5.21 Å². The monoisotopic (exact) mass is 172 g/mol. The summed E-state index contributed by atoms with van der Waals surface area (Å²) in [5.41, 5.74) is 0. The van der Waals surface area contributed by atoms with E-state index in [-0.39, 0.29) is 11.9 Å². The molecule has 1 aliphatic heterocycles. The average Bonchev–Trinajstić information content (AvgIpc) is 2.69. The fourth-order valence-electron chi connectivity index (χ4n) is 0.944. The van der Waals surface area contributed by atoms with Gasteiger partial charge in [-0.25, -0.2) is 4.79 Å². The van der Waals surface area contributed by atoms with Crippen LogP contribution in [-0.4, -0.2) is 41.1 Å². The third kappa shape index (κ3) is 1.66. The van der Waals surface area contributed by atoms with Gasteiger partial charge in [0.05, 0.1) is 6.61 Å². The van der Waals surface area contributed by atoms with Crippen LogP contribution < -0.4 is 0 Å². The molecule has 1 N–H and O–H groups in total. The first-order valence-corrected chi connectivity index (χ1v) is 3.86. The molecule has 0 bridgehead atoms. The molecule has 0 aliphatic carbocycles. The average molecular weight is 172 g/mol. The summed E-state index contributed by atoms with van der Waals surface area (Å²) in [4.78, 5) is 12.7. The molecule has 0 aromatic carbocycles. The third-order valence-corrected chi connectivity index (χ3v) is 1.68. The first kappa shape index (κ1) is 8.83. The summed E-state index contributed by atoms with van der Waals surface area (Å²) in [5.74, 6) is -0.561. The van der Waals surface area contributed by atoms with Crippen LogP contribution in [0, 0.1) is 0 Å². The summed E-state index contributed by atoms with van der Waals surface area (Å²) in [5, 5.41) is 11.4. The number of carbonyl (C=O) groups excluding carboxylic acids is 1. The van der Waals surface area contributed by atoms with E-state index in [9.17, 15) is 4.79 Å². The highest BCUT2D eigenvalue weighted by Gasteiger charge is 2.37. The molecule has 1 aliphatic rings. The Morgan fingerprint density at radius 3 is 2.75 bits per heavy atom. The van der Waals surface area contributed by atoms with Gasteiger partial charge in [-0.3, -0.25) is 0 Å². The van der Waals surface area contributed by atoms with Gasteiger partial charge >= 0.3 is 5.97 Å². The number of ether oxygens (including phenoxy) is 1. The van der Waals surface area contributed by atoms with Crippen molar-refractivity contribution in [3.05, 3.63) is 0 Å². The van der Waals surface area contributed by atoms with Crippen molar-refractivity contribution in [1.29, 1.82) is 0 Å². The third-order valence-electron chi connectivity index (χ3n) is 1.68. The van der Waals surface area contributed by atoms with Gasteiger partial charge in [0.2, 0.25) is 0 Å². The fourth-order valence-corrected chi connectivity index (χ4v) is 0.944. The summed E-state index contributed by atoms with van der Waals surface area (Å²) in [6, 6.07) is 0.278. The summed E-state index contributed by atoms with van der Waals surface area (Å²) in [6.45, 7) is 4.68. The highest BCUT2D eigenvalue weighted by Crippen LogP contribution is 2.17. The Labute approximate surface area is 70.6 Å². The van der Waals surface area contributed by atoms with Crippen LogP contribution >= 0.6 is 0 Å². The van der Waals surface area contributed by atoms with Crippen molar-refractivity contribution in [2.75, 3.05) is 13.2 Å². The lowest BCUT2D eigenvalue weighted by Gasteiger charge is -2.04. The number of carbonyl (C=O) groups is 1. The smallest absolute Gasteiger partial charge is 0.377 e. The van der Waals surface area contributed by atoms with E-state index < -0.39 is 5.97 Å². The van der Waals surface area contributed by atoms with Crippen molar-refractivity contribution in [2.45, 2.75) is 19.9 Å². The van der Waals surface area contributed by atoms with Crippen molar-refractivity contribution in [2.24, 2.45) is 5.16 Å². The molecular formula is C7H12N2O3. The van der Waals surface area contributed by atoms with Crippen molar-refractivity contribution < 1.29 is 14.7 Å². The van der Waals surface area contributed by atoms with Gasteiger partial charge in [-0.15, -0.1) is 0 Å². The second kappa shape index (κ2) is 3.42. The summed E-state index contributed by atoms with van der Waals surface area (Å²) < 4.78 is 4.67. The minimum Gasteiger partial charge on any atom is -0.460 e. The number of oxime groups is 1. The van der Waals surface area contributed by atoms with E-state index in [2.05, 4.69) is 9.89 Å². The van der Waals surface area contributed by atoms with Gasteiger partial charge in [0, 0.05) is 12.6 Å². The molecule has 1 saturated heterocycles. The van der Waals surface area contributed by atoms with E-state index in [1.54, 1.807) is 11.8 Å². The van der Waals surface area contributed by atoms with Gasteiger partial charge in [-0.1, -0.05) is 5.16 Å². The van der Waals surface area contributed by atoms with Crippen LogP contribution in [0.2, 0.25) is 0 Å². The molecule has 5 nitrogen and oxygen atoms in total. The van der Waals surface area contributed by atoms with E-state index in [1.807, 2.05) is 6.92 Å². The predicted octanol–water partition coefficient (Wildman–Crippen LogP) is 0.0413. The van der Waals surface area contributed by atoms with Crippen molar-refractivity contribution in [3.63, 3.8) is 0 Å². The second-order valence-electron chi connectivity index (χ2n) is 2.65. The molecule has 1 unspecified atom stereocenters. The fraction of sp³-hybridized carbons (Fsp3) is 0.714. The van der Waals surface area contributed by atoms with E-state index in [1.165, 1.54) is 0 Å². The van der Waals surface area contributed by atoms with Crippen LogP contribution in [0.25, 0.3) is 0 Å². The molecular weight excluding hydrogens is 160 g/mol. The lowest BCUT2D eigenvalue weighted by molar-refractivity contribution is -0.135. The zero-order valence-electron chi connectivity index (χ0n) is 7.15. The SMILES string of the molecule is CCOC(=O)/C(=N\O)N1CC1C. The van der Waals surface area contributed by atoms with Gasteiger partial charge in [0.15, 0.2) is 0 Å². The quantitative estimate of drug-likeness (QED) is 0.151. The largest absolute Gasteiger partial charge is 0.460 e. The molecule has 1 atom stereocenters.